The average Bonchev–Trinajstić information content (AvgIpc) is 2.73. The molecule has 0 aliphatic heterocycles. The molecule has 154 valence electrons. The summed E-state index contributed by atoms with van der Waals surface area (Å²) < 4.78 is 15.5. The van der Waals surface area contributed by atoms with Crippen molar-refractivity contribution in [2.45, 2.75) is 19.4 Å². The van der Waals surface area contributed by atoms with E-state index in [1.54, 1.807) is 25.1 Å². The minimum atomic E-state index is -0.846. The highest BCUT2D eigenvalue weighted by atomic mass is 16.5. The Kier molecular flexibility index (Phi) is 8.50. The molecule has 0 aromatic heterocycles. The number of hydrazone groups is 1. The van der Waals surface area contributed by atoms with Crippen molar-refractivity contribution in [3.63, 3.8) is 0 Å². The predicted molar refractivity (Wildman–Crippen MR) is 109 cm³/mol. The lowest BCUT2D eigenvalue weighted by Gasteiger charge is -2.17. The van der Waals surface area contributed by atoms with Gasteiger partial charge in [-0.3, -0.25) is 4.79 Å². The number of hydrogen-bond donors (Lipinski definition) is 2. The molecule has 8 heteroatoms. The molecule has 0 saturated heterocycles. The van der Waals surface area contributed by atoms with Crippen LogP contribution in [0.4, 0.5) is 4.79 Å². The first-order chi connectivity index (χ1) is 14.1. The molecule has 8 nitrogen and oxygen atoms in total. The molecule has 0 fully saturated rings. The van der Waals surface area contributed by atoms with Crippen molar-refractivity contribution in [3.8, 4) is 11.5 Å². The molecular formula is C21H25N3O5. The zero-order valence-corrected chi connectivity index (χ0v) is 16.7. The summed E-state index contributed by atoms with van der Waals surface area (Å²) in [5.74, 6) is 0.576. The van der Waals surface area contributed by atoms with E-state index < -0.39 is 18.0 Å². The van der Waals surface area contributed by atoms with Gasteiger partial charge in [0.1, 0.15) is 6.04 Å². The number of para-hydroxylation sites is 1. The fourth-order valence-electron chi connectivity index (χ4n) is 2.63. The Balaban J connectivity index is 2.10. The summed E-state index contributed by atoms with van der Waals surface area (Å²) >= 11 is 0. The van der Waals surface area contributed by atoms with Gasteiger partial charge in [-0.25, -0.2) is 10.2 Å². The van der Waals surface area contributed by atoms with E-state index in [0.29, 0.717) is 23.5 Å². The third-order valence-corrected chi connectivity index (χ3v) is 3.98. The fourth-order valence-corrected chi connectivity index (χ4v) is 2.63. The molecule has 0 unspecified atom stereocenters. The molecule has 0 spiro atoms. The Morgan fingerprint density at radius 3 is 2.48 bits per heavy atom. The van der Waals surface area contributed by atoms with Gasteiger partial charge in [-0.15, -0.1) is 0 Å². The van der Waals surface area contributed by atoms with Gasteiger partial charge in [0.15, 0.2) is 11.5 Å². The summed E-state index contributed by atoms with van der Waals surface area (Å²) in [5, 5.41) is 6.55. The zero-order valence-electron chi connectivity index (χ0n) is 16.7. The molecule has 0 aliphatic rings. The maximum absolute atomic E-state index is 12.6. The molecule has 0 saturated carbocycles. The van der Waals surface area contributed by atoms with Crippen molar-refractivity contribution in [2.24, 2.45) is 5.10 Å². The molecule has 1 atom stereocenters. The van der Waals surface area contributed by atoms with Crippen LogP contribution in [0.15, 0.2) is 53.6 Å². The Hall–Kier alpha value is -3.55. The Morgan fingerprint density at radius 2 is 1.83 bits per heavy atom. The van der Waals surface area contributed by atoms with Crippen LogP contribution in [0.1, 0.15) is 18.1 Å². The molecule has 0 bridgehead atoms. The number of rotatable bonds is 9. The second-order valence-corrected chi connectivity index (χ2v) is 5.92. The van der Waals surface area contributed by atoms with E-state index in [9.17, 15) is 9.59 Å². The van der Waals surface area contributed by atoms with Gasteiger partial charge in [0.25, 0.3) is 5.91 Å². The van der Waals surface area contributed by atoms with Crippen molar-refractivity contribution >= 4 is 18.2 Å². The number of carbonyl (C=O) groups is 2. The lowest BCUT2D eigenvalue weighted by molar-refractivity contribution is -0.123. The topological polar surface area (TPSA) is 98.2 Å². The summed E-state index contributed by atoms with van der Waals surface area (Å²) in [6.07, 6.45) is 1.08. The van der Waals surface area contributed by atoms with Crippen molar-refractivity contribution in [1.29, 1.82) is 0 Å². The zero-order chi connectivity index (χ0) is 21.1. The lowest BCUT2D eigenvalue weighted by Crippen LogP contribution is -2.47. The largest absolute Gasteiger partial charge is 0.493 e. The van der Waals surface area contributed by atoms with Gasteiger partial charge >= 0.3 is 6.09 Å². The van der Waals surface area contributed by atoms with Crippen LogP contribution >= 0.6 is 0 Å². The second-order valence-electron chi connectivity index (χ2n) is 5.92. The number of alkyl carbamates (subject to hydrolysis) is 1. The average molecular weight is 399 g/mol. The van der Waals surface area contributed by atoms with Gasteiger partial charge in [-0.2, -0.15) is 5.10 Å². The highest BCUT2D eigenvalue weighted by Crippen LogP contribution is 2.29. The summed E-state index contributed by atoms with van der Waals surface area (Å²) in [5.41, 5.74) is 3.97. The second kappa shape index (κ2) is 11.3. The Morgan fingerprint density at radius 1 is 1.07 bits per heavy atom. The first-order valence-corrected chi connectivity index (χ1v) is 9.10. The highest BCUT2D eigenvalue weighted by molar-refractivity contribution is 5.89. The third kappa shape index (κ3) is 6.53. The van der Waals surface area contributed by atoms with Crippen LogP contribution < -0.4 is 20.2 Å². The lowest BCUT2D eigenvalue weighted by atomic mass is 10.1. The van der Waals surface area contributed by atoms with Crippen LogP contribution in [0.2, 0.25) is 0 Å². The maximum atomic E-state index is 12.6. The Labute approximate surface area is 169 Å². The number of nitrogens with one attached hydrogen (secondary N) is 2. The van der Waals surface area contributed by atoms with Crippen LogP contribution in [0, 0.1) is 0 Å². The van der Waals surface area contributed by atoms with Crippen molar-refractivity contribution in [2.75, 3.05) is 20.8 Å². The summed E-state index contributed by atoms with van der Waals surface area (Å²) in [6, 6.07) is 13.8. The first kappa shape index (κ1) is 21.7. The minimum absolute atomic E-state index is 0.208. The smallest absolute Gasteiger partial charge is 0.407 e. The fraction of sp³-hybridized carbons (Fsp3) is 0.286. The predicted octanol–water partition coefficient (Wildman–Crippen LogP) is 2.51. The van der Waals surface area contributed by atoms with Crippen molar-refractivity contribution < 1.29 is 23.8 Å². The summed E-state index contributed by atoms with van der Waals surface area (Å²) in [7, 11) is 3.06. The molecule has 2 N–H and O–H groups in total. The number of amides is 2. The quantitative estimate of drug-likeness (QED) is 0.499. The molecule has 2 rings (SSSR count). The maximum Gasteiger partial charge on any atom is 0.407 e. The molecule has 0 heterocycles. The van der Waals surface area contributed by atoms with E-state index in [2.05, 4.69) is 15.8 Å². The highest BCUT2D eigenvalue weighted by Gasteiger charge is 2.21. The van der Waals surface area contributed by atoms with E-state index in [-0.39, 0.29) is 6.61 Å². The number of methoxy groups -OCH3 is 2. The molecule has 0 aliphatic carbocycles. The molecule has 2 amide bonds. The van der Waals surface area contributed by atoms with E-state index in [0.717, 1.165) is 5.56 Å². The SMILES string of the molecule is CCOC(=O)N[C@@H](Cc1ccccc1)C(=O)N/N=C\c1cccc(OC)c1OC. The van der Waals surface area contributed by atoms with Crippen molar-refractivity contribution in [1.82, 2.24) is 10.7 Å². The van der Waals surface area contributed by atoms with Gasteiger partial charge in [0.05, 0.1) is 27.0 Å². The monoisotopic (exact) mass is 399 g/mol. The van der Waals surface area contributed by atoms with Crippen LogP contribution in [-0.4, -0.2) is 45.1 Å². The number of nitrogens with zero attached hydrogens (tertiary/aromatic N) is 1. The number of carbonyl (C=O) groups excluding carboxylic acids is 2. The normalized spacial score (nSPS) is 11.6. The third-order valence-electron chi connectivity index (χ3n) is 3.98. The Bertz CT molecular complexity index is 839. The van der Waals surface area contributed by atoms with E-state index in [1.807, 2.05) is 30.3 Å². The number of ether oxygens (including phenoxy) is 3. The van der Waals surface area contributed by atoms with Gasteiger partial charge in [-0.05, 0) is 24.6 Å². The van der Waals surface area contributed by atoms with Crippen LogP contribution in [0.3, 0.4) is 0 Å². The van der Waals surface area contributed by atoms with Crippen LogP contribution in [-0.2, 0) is 16.0 Å². The van der Waals surface area contributed by atoms with E-state index >= 15 is 0 Å². The standard InChI is InChI=1S/C21H25N3O5/c1-4-29-21(26)23-17(13-15-9-6-5-7-10-15)20(25)24-22-14-16-11-8-12-18(27-2)19(16)28-3/h5-12,14,17H,4,13H2,1-3H3,(H,23,26)(H,24,25)/b22-14-/t17-/m0/s1. The number of hydrogen-bond acceptors (Lipinski definition) is 6. The van der Waals surface area contributed by atoms with Gasteiger partial charge in [0.2, 0.25) is 0 Å². The molecule has 2 aromatic rings. The van der Waals surface area contributed by atoms with Crippen LogP contribution in [0.25, 0.3) is 0 Å². The van der Waals surface area contributed by atoms with Gasteiger partial charge in [-0.1, -0.05) is 36.4 Å². The van der Waals surface area contributed by atoms with E-state index in [4.69, 9.17) is 14.2 Å². The molecule has 29 heavy (non-hydrogen) atoms. The molecule has 2 aromatic carbocycles. The molecule has 0 radical (unpaired) electrons. The van der Waals surface area contributed by atoms with Gasteiger partial charge in [0, 0.05) is 12.0 Å². The first-order valence-electron chi connectivity index (χ1n) is 9.10. The molecular weight excluding hydrogens is 374 g/mol. The summed E-state index contributed by atoms with van der Waals surface area (Å²) in [4.78, 5) is 24.4. The van der Waals surface area contributed by atoms with Gasteiger partial charge < -0.3 is 19.5 Å². The van der Waals surface area contributed by atoms with Crippen molar-refractivity contribution in [3.05, 3.63) is 59.7 Å². The number of benzene rings is 2. The van der Waals surface area contributed by atoms with Crippen LogP contribution in [0.5, 0.6) is 11.5 Å². The summed E-state index contributed by atoms with van der Waals surface area (Å²) in [6.45, 7) is 1.90. The van der Waals surface area contributed by atoms with E-state index in [1.165, 1.54) is 20.4 Å². The minimum Gasteiger partial charge on any atom is -0.493 e.